The van der Waals surface area contributed by atoms with Crippen molar-refractivity contribution in [1.29, 1.82) is 0 Å². The zero-order valence-corrected chi connectivity index (χ0v) is 9.50. The average Bonchev–Trinajstić information content (AvgIpc) is 1.90. The highest BCUT2D eigenvalue weighted by molar-refractivity contribution is 7.34. The molecule has 0 amide bonds. The van der Waals surface area contributed by atoms with Crippen LogP contribution >= 0.6 is 0 Å². The van der Waals surface area contributed by atoms with Crippen LogP contribution in [-0.4, -0.2) is 32.8 Å². The summed E-state index contributed by atoms with van der Waals surface area (Å²) in [5, 5.41) is 0. The standard InChI is InChI=1S/C4H14OSi3/c1-2-8-5-3-4-6-7-8/h8H,2-4,6-7H2,1H3. The Morgan fingerprint density at radius 3 is 3.00 bits per heavy atom. The molecule has 8 heavy (non-hydrogen) atoms. The van der Waals surface area contributed by atoms with Crippen LogP contribution in [0.15, 0.2) is 0 Å². The van der Waals surface area contributed by atoms with E-state index in [0.717, 1.165) is 6.61 Å². The van der Waals surface area contributed by atoms with Gasteiger partial charge in [-0.15, -0.1) is 0 Å². The molecule has 1 aliphatic rings. The van der Waals surface area contributed by atoms with Crippen LogP contribution in [-0.2, 0) is 4.43 Å². The monoisotopic (exact) mass is 162 g/mol. The van der Waals surface area contributed by atoms with E-state index < -0.39 is 8.56 Å². The molecule has 1 rings (SSSR count). The summed E-state index contributed by atoms with van der Waals surface area (Å²) >= 11 is 0. The highest BCUT2D eigenvalue weighted by Crippen LogP contribution is 1.98. The molecular formula is C4H14OSi3. The summed E-state index contributed by atoms with van der Waals surface area (Å²) in [5.74, 6) is 0. The quantitative estimate of drug-likeness (QED) is 0.446. The van der Waals surface area contributed by atoms with Crippen molar-refractivity contribution in [3.05, 3.63) is 0 Å². The van der Waals surface area contributed by atoms with Crippen LogP contribution in [0.5, 0.6) is 0 Å². The smallest absolute Gasteiger partial charge is 0.154 e. The summed E-state index contributed by atoms with van der Waals surface area (Å²) in [6.45, 7) is 3.47. The minimum Gasteiger partial charge on any atom is -0.425 e. The minimum absolute atomic E-state index is 0.405. The molecule has 48 valence electrons. The molecular weight excluding hydrogens is 148 g/mol. The highest BCUT2D eigenvalue weighted by Gasteiger charge is 2.13. The third kappa shape index (κ3) is 1.85. The first-order chi connectivity index (χ1) is 3.93. The molecule has 1 aliphatic heterocycles. The van der Waals surface area contributed by atoms with Crippen molar-refractivity contribution in [3.63, 3.8) is 0 Å². The predicted molar refractivity (Wildman–Crippen MR) is 45.5 cm³/mol. The Morgan fingerprint density at radius 2 is 2.62 bits per heavy atom. The van der Waals surface area contributed by atoms with Crippen LogP contribution in [0.3, 0.4) is 0 Å². The largest absolute Gasteiger partial charge is 0.425 e. The molecule has 4 heteroatoms. The van der Waals surface area contributed by atoms with Gasteiger partial charge in [-0.2, -0.15) is 0 Å². The van der Waals surface area contributed by atoms with E-state index in [9.17, 15) is 0 Å². The number of rotatable bonds is 1. The van der Waals surface area contributed by atoms with Gasteiger partial charge >= 0.3 is 0 Å². The molecule has 1 heterocycles. The summed E-state index contributed by atoms with van der Waals surface area (Å²) in [6, 6.07) is 2.94. The summed E-state index contributed by atoms with van der Waals surface area (Å²) in [4.78, 5) is 0. The Hall–Kier alpha value is 0.611. The second-order valence-corrected chi connectivity index (χ2v) is 18.6. The summed E-state index contributed by atoms with van der Waals surface area (Å²) in [7, 11) is 0.599. The van der Waals surface area contributed by atoms with E-state index in [0.29, 0.717) is 17.6 Å². The molecule has 1 atom stereocenters. The van der Waals surface area contributed by atoms with E-state index in [2.05, 4.69) is 6.92 Å². The second-order valence-electron chi connectivity index (χ2n) is 2.40. The first kappa shape index (κ1) is 6.73. The fraction of sp³-hybridized carbons (Fsp3) is 1.00. The van der Waals surface area contributed by atoms with Crippen LogP contribution in [0.25, 0.3) is 0 Å². The summed E-state index contributed by atoms with van der Waals surface area (Å²) in [6.07, 6.45) is 0. The SMILES string of the molecule is CC[SiH]1OCC[SiH2][SiH2]1. The van der Waals surface area contributed by atoms with E-state index in [1.807, 2.05) is 0 Å². The van der Waals surface area contributed by atoms with Crippen molar-refractivity contribution in [1.82, 2.24) is 0 Å². The van der Waals surface area contributed by atoms with Gasteiger partial charge in [-0.1, -0.05) is 6.92 Å². The third-order valence-corrected chi connectivity index (χ3v) is 21.8. The van der Waals surface area contributed by atoms with Gasteiger partial charge in [0.2, 0.25) is 0 Å². The second kappa shape index (κ2) is 3.60. The molecule has 1 saturated heterocycles. The minimum atomic E-state index is -0.405. The molecule has 0 radical (unpaired) electrons. The van der Waals surface area contributed by atoms with Crippen molar-refractivity contribution in [2.24, 2.45) is 0 Å². The zero-order valence-electron chi connectivity index (χ0n) is 5.52. The van der Waals surface area contributed by atoms with Gasteiger partial charge in [-0.3, -0.25) is 0 Å². The Labute approximate surface area is 56.8 Å². The Morgan fingerprint density at radius 1 is 1.75 bits per heavy atom. The molecule has 0 aromatic heterocycles. The van der Waals surface area contributed by atoms with Crippen LogP contribution in [0.1, 0.15) is 6.92 Å². The molecule has 0 saturated carbocycles. The van der Waals surface area contributed by atoms with E-state index >= 15 is 0 Å². The van der Waals surface area contributed by atoms with Gasteiger partial charge < -0.3 is 4.43 Å². The maximum Gasteiger partial charge on any atom is 0.154 e. The molecule has 0 bridgehead atoms. The molecule has 0 aromatic carbocycles. The van der Waals surface area contributed by atoms with Crippen molar-refractivity contribution in [3.8, 4) is 0 Å². The van der Waals surface area contributed by atoms with E-state index in [-0.39, 0.29) is 0 Å². The lowest BCUT2D eigenvalue weighted by Crippen LogP contribution is -2.35. The van der Waals surface area contributed by atoms with E-state index in [1.165, 1.54) is 12.1 Å². The maximum atomic E-state index is 5.66. The normalized spacial score (nSPS) is 36.4. The van der Waals surface area contributed by atoms with Gasteiger partial charge in [-0.25, -0.2) is 0 Å². The van der Waals surface area contributed by atoms with Crippen molar-refractivity contribution in [2.45, 2.75) is 19.0 Å². The molecule has 0 spiro atoms. The van der Waals surface area contributed by atoms with Gasteiger partial charge in [0.25, 0.3) is 0 Å². The fourth-order valence-corrected chi connectivity index (χ4v) is 20.8. The number of hydrogen-bond acceptors (Lipinski definition) is 1. The van der Waals surface area contributed by atoms with Crippen molar-refractivity contribution >= 4 is 26.1 Å². The molecule has 0 N–H and O–H groups in total. The van der Waals surface area contributed by atoms with Gasteiger partial charge in [-0.05, 0) is 12.1 Å². The van der Waals surface area contributed by atoms with Gasteiger partial charge in [0.1, 0.15) is 0 Å². The lowest BCUT2D eigenvalue weighted by Gasteiger charge is -2.18. The van der Waals surface area contributed by atoms with Gasteiger partial charge in [0, 0.05) is 24.2 Å². The fourth-order valence-electron chi connectivity index (χ4n) is 1.13. The summed E-state index contributed by atoms with van der Waals surface area (Å²) < 4.78 is 5.66. The third-order valence-electron chi connectivity index (χ3n) is 1.73. The molecule has 0 aromatic rings. The summed E-state index contributed by atoms with van der Waals surface area (Å²) in [5.41, 5.74) is 0. The van der Waals surface area contributed by atoms with Crippen LogP contribution in [0.2, 0.25) is 12.1 Å². The lowest BCUT2D eigenvalue weighted by atomic mass is 10.9. The first-order valence-electron chi connectivity index (χ1n) is 3.55. The Bertz CT molecular complexity index is 62.3. The van der Waals surface area contributed by atoms with Crippen LogP contribution in [0.4, 0.5) is 0 Å². The Kier molecular flexibility index (Phi) is 3.03. The van der Waals surface area contributed by atoms with Crippen molar-refractivity contribution in [2.75, 3.05) is 6.61 Å². The van der Waals surface area contributed by atoms with E-state index in [1.54, 1.807) is 0 Å². The average molecular weight is 162 g/mol. The number of hydrogen-bond donors (Lipinski definition) is 0. The molecule has 0 aliphatic carbocycles. The van der Waals surface area contributed by atoms with Crippen molar-refractivity contribution < 1.29 is 4.43 Å². The van der Waals surface area contributed by atoms with Crippen LogP contribution in [0, 0.1) is 0 Å². The molecule has 1 unspecified atom stereocenters. The maximum absolute atomic E-state index is 5.66. The van der Waals surface area contributed by atoms with E-state index in [4.69, 9.17) is 4.43 Å². The highest BCUT2D eigenvalue weighted by atomic mass is 29.5. The zero-order chi connectivity index (χ0) is 5.82. The topological polar surface area (TPSA) is 9.23 Å². The van der Waals surface area contributed by atoms with Crippen LogP contribution < -0.4 is 0 Å². The van der Waals surface area contributed by atoms with Gasteiger partial charge in [0.15, 0.2) is 8.56 Å². The molecule has 1 fully saturated rings. The molecule has 1 nitrogen and oxygen atoms in total. The van der Waals surface area contributed by atoms with Gasteiger partial charge in [0.05, 0.1) is 0 Å². The Balaban J connectivity index is 2.13. The first-order valence-corrected chi connectivity index (χ1v) is 13.1. The lowest BCUT2D eigenvalue weighted by molar-refractivity contribution is 0.352. The predicted octanol–water partition coefficient (Wildman–Crippen LogP) is -1.07.